The van der Waals surface area contributed by atoms with Crippen LogP contribution in [0.4, 0.5) is 0 Å². The van der Waals surface area contributed by atoms with Gasteiger partial charge < -0.3 is 30.7 Å². The molecule has 0 unspecified atom stereocenters. The van der Waals surface area contributed by atoms with Gasteiger partial charge in [-0.05, 0) is 79.9 Å². The molecule has 0 aromatic heterocycles. The third-order valence-electron chi connectivity index (χ3n) is 10.3. The Morgan fingerprint density at radius 1 is 0.754 bits per heavy atom. The first-order valence-electron chi connectivity index (χ1n) is 20.5. The van der Waals surface area contributed by atoms with Crippen LogP contribution in [-0.2, 0) is 40.5 Å². The molecule has 0 aliphatic heterocycles. The highest BCUT2D eigenvalue weighted by molar-refractivity contribution is 5.99. The summed E-state index contributed by atoms with van der Waals surface area (Å²) in [4.78, 5) is 82.8. The Balaban J connectivity index is 2.23. The topological polar surface area (TPSA) is 171 Å². The quantitative estimate of drug-likeness (QED) is 0.0781. The second kappa shape index (κ2) is 24.4. The summed E-state index contributed by atoms with van der Waals surface area (Å²) in [6, 6.07) is 13.5. The number of unbranched alkanes of at least 4 members (excludes halogenated alkanes) is 1. The van der Waals surface area contributed by atoms with E-state index in [1.54, 1.807) is 19.1 Å². The summed E-state index contributed by atoms with van der Waals surface area (Å²) < 4.78 is 4.71. The smallest absolute Gasteiger partial charge is 0.330 e. The van der Waals surface area contributed by atoms with E-state index < -0.39 is 60.3 Å². The number of benzene rings is 2. The van der Waals surface area contributed by atoms with Gasteiger partial charge in [0.2, 0.25) is 11.8 Å². The molecular formula is C45H68N4O8. The van der Waals surface area contributed by atoms with Gasteiger partial charge in [-0.25, -0.2) is 4.79 Å². The number of carbonyl (C=O) groups is 6. The van der Waals surface area contributed by atoms with Gasteiger partial charge in [-0.3, -0.25) is 24.0 Å². The molecule has 5 atom stereocenters. The van der Waals surface area contributed by atoms with Crippen LogP contribution in [0.5, 0.6) is 0 Å². The SMILES string of the molecule is CCN(CC)CCCC[C@H](CC(=O)[C@H](CC(C)C)NC(=O)[C@H](C)CC(=O)[C@H](Cc1ccccc1)NC(=O)c1ccc(C(C)(C)C)cc1)C(=O)N[C@@H](CO)C(=O)OC. The van der Waals surface area contributed by atoms with Gasteiger partial charge in [0.1, 0.15) is 0 Å². The molecule has 0 aliphatic carbocycles. The van der Waals surface area contributed by atoms with Crippen LogP contribution in [0.25, 0.3) is 0 Å². The molecule has 0 radical (unpaired) electrons. The van der Waals surface area contributed by atoms with Crippen LogP contribution in [0.1, 0.15) is 115 Å². The van der Waals surface area contributed by atoms with Crippen molar-refractivity contribution in [2.24, 2.45) is 17.8 Å². The zero-order valence-corrected chi connectivity index (χ0v) is 35.7. The zero-order valence-electron chi connectivity index (χ0n) is 35.7. The number of hydrogen-bond acceptors (Lipinski definition) is 9. The fourth-order valence-electron chi connectivity index (χ4n) is 6.64. The van der Waals surface area contributed by atoms with Gasteiger partial charge in [0.15, 0.2) is 17.6 Å². The predicted molar refractivity (Wildman–Crippen MR) is 223 cm³/mol. The van der Waals surface area contributed by atoms with Crippen LogP contribution in [-0.4, -0.2) is 96.7 Å². The fourth-order valence-corrected chi connectivity index (χ4v) is 6.64. The first-order valence-corrected chi connectivity index (χ1v) is 20.5. The number of carbonyl (C=O) groups excluding carboxylic acids is 6. The van der Waals surface area contributed by atoms with Crippen molar-refractivity contribution in [1.82, 2.24) is 20.9 Å². The molecule has 2 aromatic rings. The number of ether oxygens (including phenoxy) is 1. The monoisotopic (exact) mass is 793 g/mol. The minimum atomic E-state index is -1.27. The van der Waals surface area contributed by atoms with Crippen molar-refractivity contribution in [3.63, 3.8) is 0 Å². The Morgan fingerprint density at radius 3 is 1.89 bits per heavy atom. The van der Waals surface area contributed by atoms with E-state index in [0.29, 0.717) is 24.8 Å². The number of amides is 3. The molecule has 2 rings (SSSR count). The number of aliphatic hydroxyl groups excluding tert-OH is 1. The average molecular weight is 793 g/mol. The molecule has 0 aliphatic rings. The van der Waals surface area contributed by atoms with Crippen molar-refractivity contribution >= 4 is 35.3 Å². The molecule has 3 amide bonds. The Morgan fingerprint density at radius 2 is 1.35 bits per heavy atom. The summed E-state index contributed by atoms with van der Waals surface area (Å²) in [5.74, 6) is -4.53. The third-order valence-corrected chi connectivity index (χ3v) is 10.3. The lowest BCUT2D eigenvalue weighted by molar-refractivity contribution is -0.147. The summed E-state index contributed by atoms with van der Waals surface area (Å²) in [7, 11) is 1.16. The highest BCUT2D eigenvalue weighted by Crippen LogP contribution is 2.23. The maximum absolute atomic E-state index is 13.9. The van der Waals surface area contributed by atoms with Crippen LogP contribution in [0.15, 0.2) is 54.6 Å². The first kappa shape index (κ1) is 48.7. The van der Waals surface area contributed by atoms with Crippen molar-refractivity contribution < 1.29 is 38.6 Å². The van der Waals surface area contributed by atoms with Crippen LogP contribution in [0.2, 0.25) is 0 Å². The van der Waals surface area contributed by atoms with Crippen molar-refractivity contribution in [2.45, 2.75) is 124 Å². The number of methoxy groups -OCH3 is 1. The van der Waals surface area contributed by atoms with Crippen molar-refractivity contribution in [3.8, 4) is 0 Å². The summed E-state index contributed by atoms with van der Waals surface area (Å²) in [6.45, 7) is 17.8. The largest absolute Gasteiger partial charge is 0.467 e. The minimum absolute atomic E-state index is 0.0126. The van der Waals surface area contributed by atoms with Gasteiger partial charge in [0, 0.05) is 30.2 Å². The maximum Gasteiger partial charge on any atom is 0.330 e. The minimum Gasteiger partial charge on any atom is -0.467 e. The molecule has 0 saturated heterocycles. The molecule has 12 nitrogen and oxygen atoms in total. The molecule has 316 valence electrons. The van der Waals surface area contributed by atoms with Crippen LogP contribution in [0, 0.1) is 17.8 Å². The molecule has 2 aromatic carbocycles. The zero-order chi connectivity index (χ0) is 42.7. The Kier molecular flexibility index (Phi) is 20.8. The van der Waals surface area contributed by atoms with E-state index in [1.807, 2.05) is 56.3 Å². The Hall–Kier alpha value is -4.42. The predicted octanol–water partition coefficient (Wildman–Crippen LogP) is 5.19. The van der Waals surface area contributed by atoms with E-state index in [-0.39, 0.29) is 42.2 Å². The number of rotatable bonds is 25. The first-order chi connectivity index (χ1) is 26.9. The number of ketones is 2. The van der Waals surface area contributed by atoms with Crippen LogP contribution >= 0.6 is 0 Å². The molecule has 0 bridgehead atoms. The molecule has 0 spiro atoms. The summed E-state index contributed by atoms with van der Waals surface area (Å²) in [5.41, 5.74) is 2.25. The molecule has 0 heterocycles. The van der Waals surface area contributed by atoms with E-state index >= 15 is 0 Å². The average Bonchev–Trinajstić information content (AvgIpc) is 3.18. The normalized spacial score (nSPS) is 14.2. The van der Waals surface area contributed by atoms with Crippen molar-refractivity contribution in [1.29, 1.82) is 0 Å². The lowest BCUT2D eigenvalue weighted by Crippen LogP contribution is -2.49. The number of Topliss-reactive ketones (excluding diaryl/α,β-unsaturated/α-hetero) is 2. The maximum atomic E-state index is 13.9. The van der Waals surface area contributed by atoms with Gasteiger partial charge in [-0.15, -0.1) is 0 Å². The van der Waals surface area contributed by atoms with E-state index in [9.17, 15) is 33.9 Å². The number of hydrogen-bond donors (Lipinski definition) is 4. The Bertz CT molecular complexity index is 1580. The molecule has 4 N–H and O–H groups in total. The van der Waals surface area contributed by atoms with Gasteiger partial charge >= 0.3 is 5.97 Å². The second-order valence-electron chi connectivity index (χ2n) is 16.5. The summed E-state index contributed by atoms with van der Waals surface area (Å²) in [6.07, 6.45) is 1.98. The van der Waals surface area contributed by atoms with Gasteiger partial charge in [0.05, 0.1) is 25.8 Å². The van der Waals surface area contributed by atoms with E-state index in [2.05, 4.69) is 55.5 Å². The lowest BCUT2D eigenvalue weighted by Gasteiger charge is -2.25. The lowest BCUT2D eigenvalue weighted by atomic mass is 9.86. The number of esters is 1. The van der Waals surface area contributed by atoms with E-state index in [0.717, 1.165) is 44.3 Å². The highest BCUT2D eigenvalue weighted by Gasteiger charge is 2.32. The van der Waals surface area contributed by atoms with Gasteiger partial charge in [-0.2, -0.15) is 0 Å². The molecule has 57 heavy (non-hydrogen) atoms. The Labute approximate surface area is 340 Å². The molecule has 0 fully saturated rings. The van der Waals surface area contributed by atoms with Gasteiger partial charge in [0.25, 0.3) is 5.91 Å². The highest BCUT2D eigenvalue weighted by atomic mass is 16.5. The van der Waals surface area contributed by atoms with Crippen molar-refractivity contribution in [3.05, 3.63) is 71.3 Å². The molecular weight excluding hydrogens is 725 g/mol. The van der Waals surface area contributed by atoms with Crippen molar-refractivity contribution in [2.75, 3.05) is 33.4 Å². The standard InChI is InChI=1S/C45H68N4O8/c1-10-49(11-2)24-16-15-19-34(43(55)48-38(29-50)44(56)57-9)28-40(52)36(25-30(3)4)46-41(53)31(5)26-39(51)37(27-32-17-13-12-14-18-32)47-42(54)33-20-22-35(23-21-33)45(6,7)8/h12-14,17-18,20-23,30-31,34,36-38,50H,10-11,15-16,19,24-29H2,1-9H3,(H,46,53)(H,47,54)(H,48,55)/t31-,34-,36+,37+,38+/m1/s1. The van der Waals surface area contributed by atoms with E-state index in [1.165, 1.54) is 0 Å². The fraction of sp³-hybridized carbons (Fsp3) is 0.600. The number of nitrogens with one attached hydrogen (secondary N) is 3. The second-order valence-corrected chi connectivity index (χ2v) is 16.5. The van der Waals surface area contributed by atoms with Crippen LogP contribution in [0.3, 0.4) is 0 Å². The number of aliphatic hydroxyl groups is 1. The third kappa shape index (κ3) is 16.9. The van der Waals surface area contributed by atoms with E-state index in [4.69, 9.17) is 4.74 Å². The summed E-state index contributed by atoms with van der Waals surface area (Å²) in [5, 5.41) is 18.0. The van der Waals surface area contributed by atoms with Gasteiger partial charge in [-0.1, -0.05) is 104 Å². The number of nitrogens with zero attached hydrogens (tertiary/aromatic N) is 1. The molecule has 12 heteroatoms. The van der Waals surface area contributed by atoms with Crippen LogP contribution < -0.4 is 16.0 Å². The summed E-state index contributed by atoms with van der Waals surface area (Å²) >= 11 is 0. The molecule has 0 saturated carbocycles.